The highest BCUT2D eigenvalue weighted by Gasteiger charge is 1.99. The zero-order chi connectivity index (χ0) is 6.57. The average Bonchev–Trinajstić information content (AvgIpc) is 1.61. The van der Waals surface area contributed by atoms with Crippen LogP contribution in [-0.2, 0) is 9.90 Å². The van der Waals surface area contributed by atoms with Crippen molar-refractivity contribution in [2.24, 2.45) is 5.73 Å². The second kappa shape index (κ2) is 3.43. The third kappa shape index (κ3) is 5.43. The summed E-state index contributed by atoms with van der Waals surface area (Å²) in [4.78, 5) is 9.99. The van der Waals surface area contributed by atoms with Crippen LogP contribution in [0.15, 0.2) is 0 Å². The molecule has 0 aromatic rings. The summed E-state index contributed by atoms with van der Waals surface area (Å²) in [6.45, 7) is 1.52. The smallest absolute Gasteiger partial charge is 0.217 e. The van der Waals surface area contributed by atoms with Crippen LogP contribution in [0.4, 0.5) is 0 Å². The molecule has 0 saturated carbocycles. The lowest BCUT2D eigenvalue weighted by molar-refractivity contribution is -0.118. The fraction of sp³-hybridized carbons (Fsp3) is 0.800. The molecular formula is C5H10NO2. The SMILES string of the molecule is CC([O])CCC(N)=O. The zero-order valence-corrected chi connectivity index (χ0v) is 4.89. The van der Waals surface area contributed by atoms with Gasteiger partial charge in [-0.1, -0.05) is 0 Å². The second-order valence-electron chi connectivity index (χ2n) is 1.82. The summed E-state index contributed by atoms with van der Waals surface area (Å²) in [5.41, 5.74) is 4.76. The minimum Gasteiger partial charge on any atom is -0.370 e. The van der Waals surface area contributed by atoms with E-state index in [1.54, 1.807) is 0 Å². The second-order valence-corrected chi connectivity index (χ2v) is 1.82. The maximum Gasteiger partial charge on any atom is 0.217 e. The Balaban J connectivity index is 3.05. The summed E-state index contributed by atoms with van der Waals surface area (Å²) < 4.78 is 0. The summed E-state index contributed by atoms with van der Waals surface area (Å²) in [6, 6.07) is 0. The standard InChI is InChI=1S/C5H10NO2/c1-4(7)2-3-5(6)8/h4H,2-3H2,1H3,(H2,6,8). The molecule has 0 aliphatic heterocycles. The van der Waals surface area contributed by atoms with Crippen molar-refractivity contribution >= 4 is 5.91 Å². The molecule has 3 nitrogen and oxygen atoms in total. The molecule has 0 aliphatic carbocycles. The Morgan fingerprint density at radius 1 is 1.75 bits per heavy atom. The van der Waals surface area contributed by atoms with Gasteiger partial charge in [0.05, 0.1) is 6.10 Å². The van der Waals surface area contributed by atoms with Gasteiger partial charge in [-0.15, -0.1) is 0 Å². The molecule has 47 valence electrons. The van der Waals surface area contributed by atoms with Gasteiger partial charge in [-0.2, -0.15) is 0 Å². The van der Waals surface area contributed by atoms with E-state index in [-0.39, 0.29) is 6.42 Å². The predicted octanol–water partition coefficient (Wildman–Crippen LogP) is 0.0709. The van der Waals surface area contributed by atoms with Crippen molar-refractivity contribution in [3.63, 3.8) is 0 Å². The van der Waals surface area contributed by atoms with Crippen molar-refractivity contribution in [3.05, 3.63) is 0 Å². The van der Waals surface area contributed by atoms with E-state index < -0.39 is 12.0 Å². The Labute approximate surface area is 48.5 Å². The number of primary amides is 1. The highest BCUT2D eigenvalue weighted by atomic mass is 16.3. The van der Waals surface area contributed by atoms with Gasteiger partial charge in [0.2, 0.25) is 5.91 Å². The third-order valence-corrected chi connectivity index (χ3v) is 0.797. The Bertz CT molecular complexity index is 80.5. The van der Waals surface area contributed by atoms with E-state index in [4.69, 9.17) is 5.73 Å². The quantitative estimate of drug-likeness (QED) is 0.557. The largest absolute Gasteiger partial charge is 0.370 e. The lowest BCUT2D eigenvalue weighted by atomic mass is 10.2. The Morgan fingerprint density at radius 2 is 2.25 bits per heavy atom. The molecule has 3 heteroatoms. The van der Waals surface area contributed by atoms with Gasteiger partial charge in [0, 0.05) is 6.42 Å². The van der Waals surface area contributed by atoms with Crippen molar-refractivity contribution in [1.29, 1.82) is 0 Å². The molecule has 8 heavy (non-hydrogen) atoms. The first kappa shape index (κ1) is 7.43. The third-order valence-electron chi connectivity index (χ3n) is 0.797. The molecule has 0 rings (SSSR count). The molecule has 2 N–H and O–H groups in total. The molecule has 1 unspecified atom stereocenters. The minimum atomic E-state index is -0.664. The van der Waals surface area contributed by atoms with Gasteiger partial charge in [-0.3, -0.25) is 4.79 Å². The Hall–Kier alpha value is -0.570. The number of amides is 1. The van der Waals surface area contributed by atoms with Crippen LogP contribution in [0, 0.1) is 0 Å². The van der Waals surface area contributed by atoms with E-state index in [2.05, 4.69) is 0 Å². The van der Waals surface area contributed by atoms with E-state index >= 15 is 0 Å². The van der Waals surface area contributed by atoms with Crippen LogP contribution in [0.1, 0.15) is 19.8 Å². The van der Waals surface area contributed by atoms with Gasteiger partial charge in [-0.05, 0) is 13.3 Å². The topological polar surface area (TPSA) is 63.0 Å². The Kier molecular flexibility index (Phi) is 3.19. The highest BCUT2D eigenvalue weighted by molar-refractivity contribution is 5.73. The van der Waals surface area contributed by atoms with Gasteiger partial charge in [0.15, 0.2) is 0 Å². The van der Waals surface area contributed by atoms with Crippen LogP contribution in [0.3, 0.4) is 0 Å². The fourth-order valence-corrected chi connectivity index (χ4v) is 0.346. The van der Waals surface area contributed by atoms with Gasteiger partial charge >= 0.3 is 0 Å². The molecule has 0 heterocycles. The van der Waals surface area contributed by atoms with Crippen LogP contribution in [0.5, 0.6) is 0 Å². The first-order valence-corrected chi connectivity index (χ1v) is 2.57. The molecule has 0 spiro atoms. The summed E-state index contributed by atoms with van der Waals surface area (Å²) in [6.07, 6.45) is -0.0949. The number of rotatable bonds is 3. The monoisotopic (exact) mass is 116 g/mol. The van der Waals surface area contributed by atoms with Crippen LogP contribution in [-0.4, -0.2) is 12.0 Å². The van der Waals surface area contributed by atoms with Crippen LogP contribution in [0.2, 0.25) is 0 Å². The molecule has 0 aromatic carbocycles. The predicted molar refractivity (Wildman–Crippen MR) is 28.6 cm³/mol. The van der Waals surface area contributed by atoms with Gasteiger partial charge in [0.25, 0.3) is 0 Å². The normalized spacial score (nSPS) is 13.2. The maximum atomic E-state index is 10.2. The van der Waals surface area contributed by atoms with Crippen LogP contribution in [0.25, 0.3) is 0 Å². The first-order chi connectivity index (χ1) is 3.63. The van der Waals surface area contributed by atoms with Crippen molar-refractivity contribution in [3.8, 4) is 0 Å². The van der Waals surface area contributed by atoms with Crippen molar-refractivity contribution in [1.82, 2.24) is 0 Å². The van der Waals surface area contributed by atoms with Crippen molar-refractivity contribution < 1.29 is 9.90 Å². The molecule has 0 fully saturated rings. The summed E-state index contributed by atoms with van der Waals surface area (Å²) >= 11 is 0. The van der Waals surface area contributed by atoms with Crippen LogP contribution < -0.4 is 5.73 Å². The lowest BCUT2D eigenvalue weighted by Crippen LogP contribution is -2.12. The molecule has 1 atom stereocenters. The molecular weight excluding hydrogens is 106 g/mol. The molecule has 0 bridgehead atoms. The summed E-state index contributed by atoms with van der Waals surface area (Å²) in [5, 5.41) is 10.2. The highest BCUT2D eigenvalue weighted by Crippen LogP contribution is 1.93. The lowest BCUT2D eigenvalue weighted by Gasteiger charge is -1.95. The van der Waals surface area contributed by atoms with Gasteiger partial charge < -0.3 is 5.73 Å². The van der Waals surface area contributed by atoms with E-state index in [0.717, 1.165) is 0 Å². The van der Waals surface area contributed by atoms with Gasteiger partial charge in [-0.25, -0.2) is 5.11 Å². The minimum absolute atomic E-state index is 0.213. The average molecular weight is 116 g/mol. The van der Waals surface area contributed by atoms with Gasteiger partial charge in [0.1, 0.15) is 0 Å². The van der Waals surface area contributed by atoms with E-state index in [9.17, 15) is 9.90 Å². The number of carbonyl (C=O) groups excluding carboxylic acids is 1. The van der Waals surface area contributed by atoms with Crippen molar-refractivity contribution in [2.75, 3.05) is 0 Å². The first-order valence-electron chi connectivity index (χ1n) is 2.57. The molecule has 0 saturated heterocycles. The molecule has 0 aromatic heterocycles. The molecule has 1 radical (unpaired) electrons. The maximum absolute atomic E-state index is 10.2. The fourth-order valence-electron chi connectivity index (χ4n) is 0.346. The number of carbonyl (C=O) groups is 1. The van der Waals surface area contributed by atoms with Crippen LogP contribution >= 0.6 is 0 Å². The van der Waals surface area contributed by atoms with E-state index in [1.807, 2.05) is 0 Å². The number of hydrogen-bond acceptors (Lipinski definition) is 1. The summed E-state index contributed by atoms with van der Waals surface area (Å²) in [7, 11) is 0. The Morgan fingerprint density at radius 3 is 2.38 bits per heavy atom. The van der Waals surface area contributed by atoms with E-state index in [0.29, 0.717) is 6.42 Å². The number of hydrogen-bond donors (Lipinski definition) is 1. The zero-order valence-electron chi connectivity index (χ0n) is 4.89. The van der Waals surface area contributed by atoms with Crippen molar-refractivity contribution in [2.45, 2.75) is 25.9 Å². The molecule has 1 amide bonds. The summed E-state index contributed by atoms with van der Waals surface area (Å²) in [5.74, 6) is -0.396. The molecule has 0 aliphatic rings. The number of nitrogens with two attached hydrogens (primary N) is 1. The van der Waals surface area contributed by atoms with E-state index in [1.165, 1.54) is 6.92 Å².